The van der Waals surface area contributed by atoms with Crippen LogP contribution in [0.3, 0.4) is 0 Å². The van der Waals surface area contributed by atoms with Gasteiger partial charge in [0.1, 0.15) is 16.4 Å². The summed E-state index contributed by atoms with van der Waals surface area (Å²) in [5.41, 5.74) is 6.38. The largest absolute Gasteiger partial charge is 0.383 e. The molecule has 0 aromatic carbocycles. The van der Waals surface area contributed by atoms with Gasteiger partial charge in [-0.25, -0.2) is 0 Å². The topological polar surface area (TPSA) is 83.3 Å². The van der Waals surface area contributed by atoms with Crippen LogP contribution in [0.5, 0.6) is 0 Å². The second-order valence-corrected chi connectivity index (χ2v) is 6.58. The van der Waals surface area contributed by atoms with Gasteiger partial charge in [0, 0.05) is 12.6 Å². The van der Waals surface area contributed by atoms with E-state index in [0.29, 0.717) is 17.3 Å². The molecule has 5 nitrogen and oxygen atoms in total. The van der Waals surface area contributed by atoms with Crippen molar-refractivity contribution in [1.29, 1.82) is 0 Å². The number of nitrogens with zero attached hydrogens (tertiary/aromatic N) is 1. The zero-order valence-electron chi connectivity index (χ0n) is 12.2. The van der Waals surface area contributed by atoms with Gasteiger partial charge in [0.2, 0.25) is 0 Å². The first-order valence-corrected chi connectivity index (χ1v) is 8.18. The standard InChI is InChI=1S/C14H24N4OS/c1-9(2)17-14-11(13(19)18-20-14)12(15)16-8-10-6-4-3-5-7-10/h9-10,17H,3-8H2,1-2H3,(H2,15,16)(H,18,19). The van der Waals surface area contributed by atoms with Crippen LogP contribution in [0.2, 0.25) is 0 Å². The maximum absolute atomic E-state index is 11.9. The maximum Gasteiger partial charge on any atom is 0.271 e. The lowest BCUT2D eigenvalue weighted by molar-refractivity contribution is 0.367. The first-order valence-electron chi connectivity index (χ1n) is 7.36. The van der Waals surface area contributed by atoms with Gasteiger partial charge in [0.25, 0.3) is 5.56 Å². The van der Waals surface area contributed by atoms with E-state index in [9.17, 15) is 4.79 Å². The van der Waals surface area contributed by atoms with E-state index >= 15 is 0 Å². The predicted octanol–water partition coefficient (Wildman–Crippen LogP) is 2.54. The van der Waals surface area contributed by atoms with Crippen LogP contribution < -0.4 is 16.6 Å². The van der Waals surface area contributed by atoms with Crippen molar-refractivity contribution in [3.63, 3.8) is 0 Å². The van der Waals surface area contributed by atoms with Crippen molar-refractivity contribution in [2.75, 3.05) is 11.9 Å². The highest BCUT2D eigenvalue weighted by atomic mass is 32.1. The van der Waals surface area contributed by atoms with Crippen LogP contribution in [0.15, 0.2) is 9.79 Å². The van der Waals surface area contributed by atoms with Gasteiger partial charge in [-0.15, -0.1) is 0 Å². The third-order valence-corrected chi connectivity index (χ3v) is 4.43. The van der Waals surface area contributed by atoms with Gasteiger partial charge < -0.3 is 11.1 Å². The number of aromatic amines is 1. The van der Waals surface area contributed by atoms with E-state index in [1.807, 2.05) is 13.8 Å². The summed E-state index contributed by atoms with van der Waals surface area (Å²) in [5, 5.41) is 4.03. The molecule has 0 amide bonds. The fraction of sp³-hybridized carbons (Fsp3) is 0.714. The highest BCUT2D eigenvalue weighted by Gasteiger charge is 2.17. The van der Waals surface area contributed by atoms with Crippen molar-refractivity contribution in [2.45, 2.75) is 52.0 Å². The van der Waals surface area contributed by atoms with Crippen LogP contribution in [0.25, 0.3) is 0 Å². The highest BCUT2D eigenvalue weighted by molar-refractivity contribution is 7.10. The molecule has 20 heavy (non-hydrogen) atoms. The number of rotatable bonds is 5. The lowest BCUT2D eigenvalue weighted by Gasteiger charge is -2.19. The zero-order valence-corrected chi connectivity index (χ0v) is 13.1. The summed E-state index contributed by atoms with van der Waals surface area (Å²) in [6.45, 7) is 4.80. The van der Waals surface area contributed by atoms with Gasteiger partial charge >= 0.3 is 0 Å². The number of anilines is 1. The molecular weight excluding hydrogens is 272 g/mol. The maximum atomic E-state index is 11.9. The molecule has 6 heteroatoms. The van der Waals surface area contributed by atoms with E-state index < -0.39 is 0 Å². The molecule has 0 bridgehead atoms. The Labute approximate surface area is 123 Å². The summed E-state index contributed by atoms with van der Waals surface area (Å²) in [5.74, 6) is 0.989. The van der Waals surface area contributed by atoms with E-state index in [4.69, 9.17) is 5.73 Å². The molecule has 0 radical (unpaired) electrons. The van der Waals surface area contributed by atoms with Crippen LogP contribution in [-0.2, 0) is 0 Å². The fourth-order valence-corrected chi connectivity index (χ4v) is 3.47. The second kappa shape index (κ2) is 6.92. The molecule has 0 saturated heterocycles. The number of aliphatic imine (C=N–C) groups is 1. The van der Waals surface area contributed by atoms with Crippen LogP contribution in [0.4, 0.5) is 5.00 Å². The Morgan fingerprint density at radius 2 is 2.15 bits per heavy atom. The summed E-state index contributed by atoms with van der Waals surface area (Å²) >= 11 is 1.28. The average molecular weight is 296 g/mol. The van der Waals surface area contributed by atoms with Crippen molar-refractivity contribution >= 4 is 22.4 Å². The van der Waals surface area contributed by atoms with E-state index in [1.165, 1.54) is 43.6 Å². The normalized spacial score (nSPS) is 17.6. The molecule has 1 fully saturated rings. The number of hydrogen-bond donors (Lipinski definition) is 3. The molecule has 2 rings (SSSR count). The Balaban J connectivity index is 2.09. The molecule has 1 heterocycles. The average Bonchev–Trinajstić information content (AvgIpc) is 2.77. The first-order chi connectivity index (χ1) is 9.58. The first kappa shape index (κ1) is 15.1. The Morgan fingerprint density at radius 1 is 1.45 bits per heavy atom. The van der Waals surface area contributed by atoms with Crippen molar-refractivity contribution in [1.82, 2.24) is 4.37 Å². The number of nitrogens with two attached hydrogens (primary N) is 1. The summed E-state index contributed by atoms with van der Waals surface area (Å²) < 4.78 is 2.72. The van der Waals surface area contributed by atoms with E-state index in [0.717, 1.165) is 11.5 Å². The highest BCUT2D eigenvalue weighted by Crippen LogP contribution is 2.24. The quantitative estimate of drug-likeness (QED) is 0.577. The van der Waals surface area contributed by atoms with Gasteiger partial charge in [0.15, 0.2) is 0 Å². The Morgan fingerprint density at radius 3 is 2.80 bits per heavy atom. The van der Waals surface area contributed by atoms with Crippen molar-refractivity contribution in [3.8, 4) is 0 Å². The number of nitrogens with one attached hydrogen (secondary N) is 2. The molecule has 1 aromatic rings. The van der Waals surface area contributed by atoms with Gasteiger partial charge in [-0.05, 0) is 44.1 Å². The number of hydrogen-bond acceptors (Lipinski definition) is 4. The minimum absolute atomic E-state index is 0.150. The van der Waals surface area contributed by atoms with Gasteiger partial charge in [-0.3, -0.25) is 14.2 Å². The number of aromatic nitrogens is 1. The lowest BCUT2D eigenvalue weighted by atomic mass is 9.89. The van der Waals surface area contributed by atoms with Gasteiger partial charge in [-0.2, -0.15) is 0 Å². The SMILES string of the molecule is CC(C)Nc1s[nH]c(=O)c1C(N)=NCC1CCCCC1. The van der Waals surface area contributed by atoms with Gasteiger partial charge in [-0.1, -0.05) is 19.3 Å². The van der Waals surface area contributed by atoms with Crippen LogP contribution in [-0.4, -0.2) is 22.8 Å². The molecule has 0 aliphatic heterocycles. The fourth-order valence-electron chi connectivity index (χ4n) is 2.58. The van der Waals surface area contributed by atoms with Gasteiger partial charge in [0.05, 0.1) is 0 Å². The Bertz CT molecular complexity index is 511. The Hall–Kier alpha value is -1.30. The predicted molar refractivity (Wildman–Crippen MR) is 85.9 cm³/mol. The summed E-state index contributed by atoms with van der Waals surface area (Å²) in [4.78, 5) is 16.3. The zero-order chi connectivity index (χ0) is 14.5. The Kier molecular flexibility index (Phi) is 5.23. The summed E-state index contributed by atoms with van der Waals surface area (Å²) in [6.07, 6.45) is 6.38. The molecule has 1 aliphatic carbocycles. The molecule has 0 spiro atoms. The van der Waals surface area contributed by atoms with E-state index in [2.05, 4.69) is 14.7 Å². The van der Waals surface area contributed by atoms with Crippen LogP contribution in [0, 0.1) is 5.92 Å². The molecule has 4 N–H and O–H groups in total. The number of H-pyrrole nitrogens is 1. The van der Waals surface area contributed by atoms with Crippen molar-refractivity contribution in [3.05, 3.63) is 15.9 Å². The summed E-state index contributed by atoms with van der Waals surface area (Å²) in [7, 11) is 0. The lowest BCUT2D eigenvalue weighted by Crippen LogP contribution is -2.25. The molecule has 0 atom stereocenters. The van der Waals surface area contributed by atoms with Crippen LogP contribution in [0.1, 0.15) is 51.5 Å². The smallest absolute Gasteiger partial charge is 0.271 e. The molecule has 0 unspecified atom stereocenters. The minimum Gasteiger partial charge on any atom is -0.383 e. The molecule has 1 aliphatic rings. The van der Waals surface area contributed by atoms with E-state index in [-0.39, 0.29) is 11.6 Å². The van der Waals surface area contributed by atoms with Crippen LogP contribution >= 0.6 is 11.5 Å². The molecule has 112 valence electrons. The number of amidine groups is 1. The third kappa shape index (κ3) is 3.85. The van der Waals surface area contributed by atoms with E-state index in [1.54, 1.807) is 0 Å². The summed E-state index contributed by atoms with van der Waals surface area (Å²) in [6, 6.07) is 0.256. The molecule has 1 saturated carbocycles. The third-order valence-electron chi connectivity index (χ3n) is 3.62. The minimum atomic E-state index is -0.150. The monoisotopic (exact) mass is 296 g/mol. The second-order valence-electron chi connectivity index (χ2n) is 5.77. The molecule has 1 aromatic heterocycles. The van der Waals surface area contributed by atoms with Crippen molar-refractivity contribution < 1.29 is 0 Å². The van der Waals surface area contributed by atoms with Crippen molar-refractivity contribution in [2.24, 2.45) is 16.6 Å². The molecular formula is C14H24N4OS.